The molecule has 0 saturated heterocycles. The van der Waals surface area contributed by atoms with E-state index in [-0.39, 0.29) is 13.2 Å². The molecule has 0 radical (unpaired) electrons. The highest BCUT2D eigenvalue weighted by atomic mass is 16.7. The van der Waals surface area contributed by atoms with E-state index >= 15 is 0 Å². The minimum absolute atomic E-state index is 0.0730. The fraction of sp³-hybridized carbons (Fsp3) is 0.636. The molecular weight excluding hydrogens is 256 g/mol. The second kappa shape index (κ2) is 5.66. The first-order chi connectivity index (χ1) is 9.10. The Morgan fingerprint density at radius 2 is 2.32 bits per heavy atom. The third kappa shape index (κ3) is 2.61. The minimum atomic E-state index is -1.06. The molecule has 0 unspecified atom stereocenters. The summed E-state index contributed by atoms with van der Waals surface area (Å²) in [7, 11) is 2.72. The van der Waals surface area contributed by atoms with E-state index in [0.717, 1.165) is 0 Å². The van der Waals surface area contributed by atoms with Gasteiger partial charge in [0.25, 0.3) is 0 Å². The fourth-order valence-electron chi connectivity index (χ4n) is 1.95. The molecule has 2 N–H and O–H groups in total. The van der Waals surface area contributed by atoms with Gasteiger partial charge in [0.05, 0.1) is 19.3 Å². The van der Waals surface area contributed by atoms with Gasteiger partial charge in [0.15, 0.2) is 6.29 Å². The molecule has 2 heterocycles. The number of nitrogens with zero attached hydrogens (tertiary/aromatic N) is 2. The smallest absolute Gasteiger partial charge is 0.327 e. The predicted octanol–water partition coefficient (Wildman–Crippen LogP) is -0.874. The van der Waals surface area contributed by atoms with Crippen molar-refractivity contribution >= 4 is 5.97 Å². The first kappa shape index (κ1) is 13.9. The standard InChI is InChI=1S/C11H16N2O6/c1-17-8(15)4-13-3-6-9(12-13)10(16)7(5-14)19-11(6)18-2/h3,7,10-11,14,16H,4-5H2,1-2H3/t7-,10-,11+/m1/s1. The second-order valence-corrected chi connectivity index (χ2v) is 4.11. The van der Waals surface area contributed by atoms with Crippen molar-refractivity contribution in [3.8, 4) is 0 Å². The number of carbonyl (C=O) groups is 1. The van der Waals surface area contributed by atoms with Crippen LogP contribution in [0.4, 0.5) is 0 Å². The number of rotatable bonds is 4. The van der Waals surface area contributed by atoms with E-state index in [1.165, 1.54) is 18.9 Å². The van der Waals surface area contributed by atoms with Crippen molar-refractivity contribution in [1.82, 2.24) is 9.78 Å². The largest absolute Gasteiger partial charge is 0.468 e. The van der Waals surface area contributed by atoms with E-state index in [2.05, 4.69) is 9.84 Å². The lowest BCUT2D eigenvalue weighted by Gasteiger charge is -2.30. The Balaban J connectivity index is 2.29. The van der Waals surface area contributed by atoms with Gasteiger partial charge in [-0.05, 0) is 0 Å². The van der Waals surface area contributed by atoms with Gasteiger partial charge in [0.1, 0.15) is 24.4 Å². The number of carbonyl (C=O) groups excluding carboxylic acids is 1. The lowest BCUT2D eigenvalue weighted by molar-refractivity contribution is -0.208. The highest BCUT2D eigenvalue weighted by Crippen LogP contribution is 2.35. The summed E-state index contributed by atoms with van der Waals surface area (Å²) in [6, 6.07) is 0. The van der Waals surface area contributed by atoms with Gasteiger partial charge in [-0.3, -0.25) is 9.48 Å². The average Bonchev–Trinajstić information content (AvgIpc) is 2.83. The number of aliphatic hydroxyl groups is 2. The quantitative estimate of drug-likeness (QED) is 0.686. The van der Waals surface area contributed by atoms with Crippen LogP contribution in [0, 0.1) is 0 Å². The minimum Gasteiger partial charge on any atom is -0.468 e. The van der Waals surface area contributed by atoms with Crippen LogP contribution < -0.4 is 0 Å². The third-order valence-electron chi connectivity index (χ3n) is 2.92. The number of methoxy groups -OCH3 is 2. The molecule has 8 nitrogen and oxygen atoms in total. The molecule has 1 aromatic heterocycles. The van der Waals surface area contributed by atoms with Gasteiger partial charge in [0.2, 0.25) is 0 Å². The summed E-state index contributed by atoms with van der Waals surface area (Å²) in [5.74, 6) is -0.456. The maximum atomic E-state index is 11.2. The molecule has 3 atom stereocenters. The molecule has 106 valence electrons. The monoisotopic (exact) mass is 272 g/mol. The number of esters is 1. The van der Waals surface area contributed by atoms with Crippen LogP contribution in [0.3, 0.4) is 0 Å². The Kier molecular flexibility index (Phi) is 4.15. The van der Waals surface area contributed by atoms with Crippen molar-refractivity contribution in [2.45, 2.75) is 25.0 Å². The highest BCUT2D eigenvalue weighted by molar-refractivity contribution is 5.68. The highest BCUT2D eigenvalue weighted by Gasteiger charge is 2.37. The molecule has 0 amide bonds. The molecule has 0 fully saturated rings. The zero-order valence-corrected chi connectivity index (χ0v) is 10.6. The summed E-state index contributed by atoms with van der Waals surface area (Å²) in [4.78, 5) is 11.2. The molecule has 1 aliphatic rings. The molecule has 2 rings (SSSR count). The lowest BCUT2D eigenvalue weighted by atomic mass is 10.0. The number of ether oxygens (including phenoxy) is 3. The number of fused-ring (bicyclic) bond motifs is 1. The Hall–Kier alpha value is -1.48. The van der Waals surface area contributed by atoms with Crippen molar-refractivity contribution in [3.63, 3.8) is 0 Å². The molecule has 0 aliphatic carbocycles. The van der Waals surface area contributed by atoms with Crippen LogP contribution in [-0.2, 0) is 25.5 Å². The van der Waals surface area contributed by atoms with Crippen LogP contribution in [0.1, 0.15) is 23.7 Å². The molecule has 0 bridgehead atoms. The van der Waals surface area contributed by atoms with Gasteiger partial charge in [0, 0.05) is 13.3 Å². The fourth-order valence-corrected chi connectivity index (χ4v) is 1.95. The van der Waals surface area contributed by atoms with Gasteiger partial charge in [-0.1, -0.05) is 0 Å². The van der Waals surface area contributed by atoms with Gasteiger partial charge in [-0.15, -0.1) is 0 Å². The molecule has 1 aromatic rings. The van der Waals surface area contributed by atoms with Crippen molar-refractivity contribution < 1.29 is 29.2 Å². The van der Waals surface area contributed by atoms with Crippen LogP contribution in [0.15, 0.2) is 6.20 Å². The number of hydrogen-bond donors (Lipinski definition) is 2. The molecular formula is C11H16N2O6. The average molecular weight is 272 g/mol. The van der Waals surface area contributed by atoms with Gasteiger partial charge < -0.3 is 24.4 Å². The maximum Gasteiger partial charge on any atom is 0.327 e. The Bertz CT molecular complexity index is 460. The first-order valence-corrected chi connectivity index (χ1v) is 5.72. The van der Waals surface area contributed by atoms with E-state index in [4.69, 9.17) is 14.6 Å². The maximum absolute atomic E-state index is 11.2. The Morgan fingerprint density at radius 1 is 1.58 bits per heavy atom. The Labute approximate surface area is 109 Å². The van der Waals surface area contributed by atoms with Crippen molar-refractivity contribution in [2.24, 2.45) is 0 Å². The summed E-state index contributed by atoms with van der Waals surface area (Å²) >= 11 is 0. The van der Waals surface area contributed by atoms with Crippen LogP contribution in [0.5, 0.6) is 0 Å². The number of aliphatic hydroxyl groups excluding tert-OH is 2. The zero-order chi connectivity index (χ0) is 14.0. The lowest BCUT2D eigenvalue weighted by Crippen LogP contribution is -2.34. The van der Waals surface area contributed by atoms with Crippen LogP contribution >= 0.6 is 0 Å². The predicted molar refractivity (Wildman–Crippen MR) is 60.9 cm³/mol. The van der Waals surface area contributed by atoms with E-state index in [1.54, 1.807) is 6.20 Å². The van der Waals surface area contributed by atoms with Crippen molar-refractivity contribution in [3.05, 3.63) is 17.5 Å². The summed E-state index contributed by atoms with van der Waals surface area (Å²) in [6.45, 7) is -0.430. The van der Waals surface area contributed by atoms with E-state index in [1.807, 2.05) is 0 Å². The van der Waals surface area contributed by atoms with Crippen molar-refractivity contribution in [1.29, 1.82) is 0 Å². The number of hydrogen-bond acceptors (Lipinski definition) is 7. The SMILES string of the molecule is COC(=O)Cn1cc2c(n1)[C@H](O)[C@@H](CO)O[C@@H]2OC. The third-order valence-corrected chi connectivity index (χ3v) is 2.92. The van der Waals surface area contributed by atoms with E-state index in [0.29, 0.717) is 11.3 Å². The molecule has 0 spiro atoms. The normalized spacial score (nSPS) is 26.0. The number of aromatic nitrogens is 2. The summed E-state index contributed by atoms with van der Waals surface area (Å²) in [5, 5.41) is 23.3. The second-order valence-electron chi connectivity index (χ2n) is 4.11. The summed E-state index contributed by atoms with van der Waals surface area (Å²) in [5.41, 5.74) is 0.865. The van der Waals surface area contributed by atoms with Crippen molar-refractivity contribution in [2.75, 3.05) is 20.8 Å². The Morgan fingerprint density at radius 3 is 2.89 bits per heavy atom. The summed E-state index contributed by atoms with van der Waals surface area (Å²) < 4.78 is 16.4. The van der Waals surface area contributed by atoms with Crippen LogP contribution in [-0.4, -0.2) is 52.9 Å². The van der Waals surface area contributed by atoms with E-state index < -0.39 is 24.5 Å². The van der Waals surface area contributed by atoms with Gasteiger partial charge in [-0.25, -0.2) is 0 Å². The van der Waals surface area contributed by atoms with Crippen LogP contribution in [0.2, 0.25) is 0 Å². The van der Waals surface area contributed by atoms with Gasteiger partial charge in [-0.2, -0.15) is 5.10 Å². The zero-order valence-electron chi connectivity index (χ0n) is 10.6. The molecule has 8 heteroatoms. The summed E-state index contributed by atoms with van der Waals surface area (Å²) in [6.07, 6.45) is -1.05. The molecule has 19 heavy (non-hydrogen) atoms. The van der Waals surface area contributed by atoms with Crippen LogP contribution in [0.25, 0.3) is 0 Å². The first-order valence-electron chi connectivity index (χ1n) is 5.72. The van der Waals surface area contributed by atoms with Gasteiger partial charge >= 0.3 is 5.97 Å². The molecule has 0 saturated carbocycles. The molecule has 0 aromatic carbocycles. The molecule has 1 aliphatic heterocycles. The topological polar surface area (TPSA) is 103 Å². The van der Waals surface area contributed by atoms with E-state index in [9.17, 15) is 9.90 Å².